The molecule has 3 aromatic rings. The molecule has 2 aliphatic heterocycles. The standard InChI is InChI=1S/C31H28ClF3N2O5.CH2O2/c32-25-14-29-28(41-17-42-29)11-19(25)16-37(21-3-4-21)31(38)24-15-36-8-7-23(24)18-1-5-22(6-2-18)39-9-10-40-30-26(34)12-20(33)13-27(30)35;2-1-3/h1-2,5-6,11-14,21,36H,3-4,7-10,15-17H2;1H,(H,2,3). The molecule has 0 aromatic heterocycles. The summed E-state index contributed by atoms with van der Waals surface area (Å²) in [5, 5.41) is 10.7. The number of carbonyl (C=O) groups is 2. The van der Waals surface area contributed by atoms with E-state index < -0.39 is 23.2 Å². The van der Waals surface area contributed by atoms with E-state index in [-0.39, 0.29) is 38.4 Å². The third kappa shape index (κ3) is 7.81. The van der Waals surface area contributed by atoms with Gasteiger partial charge in [-0.3, -0.25) is 9.59 Å². The molecule has 0 bridgehead atoms. The van der Waals surface area contributed by atoms with Crippen LogP contribution in [0.4, 0.5) is 13.2 Å². The number of fused-ring (bicyclic) bond motifs is 1. The molecule has 3 aromatic carbocycles. The van der Waals surface area contributed by atoms with Crippen molar-refractivity contribution >= 4 is 29.6 Å². The minimum absolute atomic E-state index is 0.0186. The summed E-state index contributed by atoms with van der Waals surface area (Å²) >= 11 is 6.54. The van der Waals surface area contributed by atoms with Gasteiger partial charge in [0.05, 0.1) is 0 Å². The van der Waals surface area contributed by atoms with Gasteiger partial charge >= 0.3 is 0 Å². The number of halogens is 4. The smallest absolute Gasteiger partial charge is 0.290 e. The Labute approximate surface area is 262 Å². The van der Waals surface area contributed by atoms with Crippen LogP contribution < -0.4 is 24.3 Å². The molecule has 13 heteroatoms. The molecule has 1 fully saturated rings. The highest BCUT2D eigenvalue weighted by molar-refractivity contribution is 6.31. The predicted octanol–water partition coefficient (Wildman–Crippen LogP) is 5.58. The highest BCUT2D eigenvalue weighted by Crippen LogP contribution is 2.39. The molecule has 0 spiro atoms. The molecule has 9 nitrogen and oxygen atoms in total. The van der Waals surface area contributed by atoms with Crippen LogP contribution >= 0.6 is 11.6 Å². The van der Waals surface area contributed by atoms with Crippen LogP contribution in [0.3, 0.4) is 0 Å². The SMILES string of the molecule is O=C(C1=C(c2ccc(OCCOc3c(F)cc(F)cc3F)cc2)CCNC1)N(Cc1cc2c(cc1Cl)OCO2)C1CC1.O=CO. The molecule has 1 amide bonds. The van der Waals surface area contributed by atoms with Crippen LogP contribution in [0, 0.1) is 17.5 Å². The zero-order valence-electron chi connectivity index (χ0n) is 24.0. The largest absolute Gasteiger partial charge is 0.490 e. The van der Waals surface area contributed by atoms with E-state index in [4.69, 9.17) is 40.4 Å². The average Bonchev–Trinajstić information content (AvgIpc) is 3.77. The molecule has 238 valence electrons. The van der Waals surface area contributed by atoms with E-state index in [2.05, 4.69) is 5.32 Å². The third-order valence-electron chi connectivity index (χ3n) is 7.37. The number of ether oxygens (including phenoxy) is 4. The van der Waals surface area contributed by atoms with Crippen molar-refractivity contribution in [2.45, 2.75) is 31.8 Å². The van der Waals surface area contributed by atoms with Crippen LogP contribution in [0.5, 0.6) is 23.0 Å². The molecular weight excluding hydrogens is 617 g/mol. The maximum Gasteiger partial charge on any atom is 0.290 e. The zero-order chi connectivity index (χ0) is 31.9. The first-order chi connectivity index (χ1) is 21.8. The second-order valence-electron chi connectivity index (χ2n) is 10.4. The minimum Gasteiger partial charge on any atom is -0.490 e. The van der Waals surface area contributed by atoms with E-state index in [1.165, 1.54) is 0 Å². The van der Waals surface area contributed by atoms with Crippen molar-refractivity contribution in [3.63, 3.8) is 0 Å². The fraction of sp³-hybridized carbons (Fsp3) is 0.312. The van der Waals surface area contributed by atoms with Crippen LogP contribution in [0.25, 0.3) is 5.57 Å². The summed E-state index contributed by atoms with van der Waals surface area (Å²) in [7, 11) is 0. The summed E-state index contributed by atoms with van der Waals surface area (Å²) in [5.41, 5.74) is 3.41. The summed E-state index contributed by atoms with van der Waals surface area (Å²) < 4.78 is 62.3. The molecule has 1 saturated carbocycles. The van der Waals surface area contributed by atoms with Gasteiger partial charge in [-0.05, 0) is 60.7 Å². The Kier molecular flexibility index (Phi) is 10.4. The normalized spacial score (nSPS) is 15.2. The van der Waals surface area contributed by atoms with E-state index in [9.17, 15) is 18.0 Å². The van der Waals surface area contributed by atoms with Crippen LogP contribution in [0.2, 0.25) is 5.02 Å². The van der Waals surface area contributed by atoms with E-state index in [1.54, 1.807) is 18.2 Å². The lowest BCUT2D eigenvalue weighted by atomic mass is 9.93. The van der Waals surface area contributed by atoms with Crippen molar-refractivity contribution in [3.8, 4) is 23.0 Å². The Morgan fingerprint density at radius 2 is 1.67 bits per heavy atom. The first kappa shape index (κ1) is 32.0. The van der Waals surface area contributed by atoms with Crippen molar-refractivity contribution in [2.75, 3.05) is 33.1 Å². The summed E-state index contributed by atoms with van der Waals surface area (Å²) in [4.78, 5) is 24.2. The number of carboxylic acid groups (broad SMARTS) is 1. The van der Waals surface area contributed by atoms with Crippen molar-refractivity contribution < 1.29 is 46.8 Å². The molecular formula is C32H30ClF3N2O7. The molecule has 0 unspecified atom stereocenters. The number of nitrogens with zero attached hydrogens (tertiary/aromatic N) is 1. The van der Waals surface area contributed by atoms with E-state index in [0.29, 0.717) is 53.9 Å². The van der Waals surface area contributed by atoms with Gasteiger partial charge in [-0.2, -0.15) is 0 Å². The average molecular weight is 647 g/mol. The Balaban J connectivity index is 0.00000128. The molecule has 45 heavy (non-hydrogen) atoms. The maximum atomic E-state index is 14.0. The van der Waals surface area contributed by atoms with E-state index in [0.717, 1.165) is 41.7 Å². The zero-order valence-corrected chi connectivity index (χ0v) is 24.7. The van der Waals surface area contributed by atoms with Crippen LogP contribution in [0.1, 0.15) is 30.4 Å². The number of hydrogen-bond donors (Lipinski definition) is 2. The van der Waals surface area contributed by atoms with Gasteiger partial charge in [0.1, 0.15) is 24.8 Å². The molecule has 2 N–H and O–H groups in total. The molecule has 1 aliphatic carbocycles. The van der Waals surface area contributed by atoms with Gasteiger partial charge < -0.3 is 34.3 Å². The Morgan fingerprint density at radius 1 is 1.02 bits per heavy atom. The van der Waals surface area contributed by atoms with E-state index in [1.807, 2.05) is 23.1 Å². The van der Waals surface area contributed by atoms with Crippen LogP contribution in [-0.2, 0) is 16.1 Å². The number of rotatable bonds is 10. The highest BCUT2D eigenvalue weighted by atomic mass is 35.5. The monoisotopic (exact) mass is 646 g/mol. The predicted molar refractivity (Wildman–Crippen MR) is 158 cm³/mol. The van der Waals surface area contributed by atoms with Gasteiger partial charge in [-0.15, -0.1) is 0 Å². The van der Waals surface area contributed by atoms with Crippen molar-refractivity contribution in [3.05, 3.63) is 87.7 Å². The third-order valence-corrected chi connectivity index (χ3v) is 7.72. The molecule has 2 heterocycles. The molecule has 0 radical (unpaired) electrons. The summed E-state index contributed by atoms with van der Waals surface area (Å²) in [6, 6.07) is 12.2. The Hall–Kier alpha value is -4.42. The maximum absolute atomic E-state index is 14.0. The van der Waals surface area contributed by atoms with Gasteiger partial charge in [-0.1, -0.05) is 23.7 Å². The van der Waals surface area contributed by atoms with Crippen molar-refractivity contribution in [1.82, 2.24) is 10.2 Å². The number of hydrogen-bond acceptors (Lipinski definition) is 7. The van der Waals surface area contributed by atoms with Crippen LogP contribution in [-0.4, -0.2) is 61.5 Å². The Bertz CT molecular complexity index is 1560. The summed E-state index contributed by atoms with van der Waals surface area (Å²) in [5.74, 6) is -2.16. The quantitative estimate of drug-likeness (QED) is 0.217. The lowest BCUT2D eigenvalue weighted by molar-refractivity contribution is -0.128. The number of amides is 1. The highest BCUT2D eigenvalue weighted by Gasteiger charge is 2.36. The molecule has 0 saturated heterocycles. The fourth-order valence-electron chi connectivity index (χ4n) is 5.12. The van der Waals surface area contributed by atoms with Gasteiger partial charge in [-0.25, -0.2) is 13.2 Å². The van der Waals surface area contributed by atoms with E-state index >= 15 is 0 Å². The first-order valence-corrected chi connectivity index (χ1v) is 14.6. The minimum atomic E-state index is -1.11. The second kappa shape index (κ2) is 14.6. The number of benzene rings is 3. The lowest BCUT2D eigenvalue weighted by Crippen LogP contribution is -2.39. The van der Waals surface area contributed by atoms with Crippen molar-refractivity contribution in [2.24, 2.45) is 0 Å². The van der Waals surface area contributed by atoms with Gasteiger partial charge in [0.2, 0.25) is 6.79 Å². The number of nitrogens with one attached hydrogen (secondary N) is 1. The van der Waals surface area contributed by atoms with Gasteiger partial charge in [0, 0.05) is 47.9 Å². The number of carbonyl (C=O) groups excluding carboxylic acids is 1. The lowest BCUT2D eigenvalue weighted by Gasteiger charge is -2.28. The van der Waals surface area contributed by atoms with Gasteiger partial charge in [0.25, 0.3) is 12.4 Å². The van der Waals surface area contributed by atoms with Crippen LogP contribution in [0.15, 0.2) is 54.1 Å². The molecule has 3 aliphatic rings. The summed E-state index contributed by atoms with van der Waals surface area (Å²) in [6.45, 7) is 1.35. The van der Waals surface area contributed by atoms with Crippen molar-refractivity contribution in [1.29, 1.82) is 0 Å². The fourth-order valence-corrected chi connectivity index (χ4v) is 5.33. The topological polar surface area (TPSA) is 107 Å². The second-order valence-corrected chi connectivity index (χ2v) is 10.8. The Morgan fingerprint density at radius 3 is 2.33 bits per heavy atom. The molecule has 0 atom stereocenters. The molecule has 6 rings (SSSR count). The first-order valence-electron chi connectivity index (χ1n) is 14.2. The summed E-state index contributed by atoms with van der Waals surface area (Å²) in [6.07, 6.45) is 2.58. The van der Waals surface area contributed by atoms with Gasteiger partial charge in [0.15, 0.2) is 28.9 Å².